The molecule has 1 aliphatic rings. The third-order valence-corrected chi connectivity index (χ3v) is 7.48. The SMILES string of the molecule is COC(F)(c1nnc(-c2ccc3c(c2)N(Cc2ccc(Cl)cc2)C(=O)[C@@H](N)CS3(=O)=O)o1)C(F)(F)F. The van der Waals surface area contributed by atoms with E-state index in [-0.39, 0.29) is 22.7 Å². The van der Waals surface area contributed by atoms with Crippen LogP contribution in [0.1, 0.15) is 11.5 Å². The second kappa shape index (κ2) is 9.10. The number of aromatic nitrogens is 2. The first kappa shape index (κ1) is 26.0. The number of nitrogens with zero attached hydrogens (tertiary/aromatic N) is 3. The number of anilines is 1. The van der Waals surface area contributed by atoms with Crippen LogP contribution in [0.5, 0.6) is 0 Å². The Morgan fingerprint density at radius 2 is 1.83 bits per heavy atom. The van der Waals surface area contributed by atoms with Crippen molar-refractivity contribution < 1.29 is 39.9 Å². The molecule has 0 fully saturated rings. The summed E-state index contributed by atoms with van der Waals surface area (Å²) in [5.41, 5.74) is 6.26. The van der Waals surface area contributed by atoms with E-state index in [2.05, 4.69) is 14.9 Å². The quantitative estimate of drug-likeness (QED) is 0.481. The predicted octanol–water partition coefficient (Wildman–Crippen LogP) is 3.37. The second-order valence-electron chi connectivity index (χ2n) is 7.83. The van der Waals surface area contributed by atoms with Gasteiger partial charge in [-0.3, -0.25) is 4.79 Å². The number of hydrogen-bond donors (Lipinski definition) is 1. The van der Waals surface area contributed by atoms with Crippen molar-refractivity contribution in [2.45, 2.75) is 29.5 Å². The van der Waals surface area contributed by atoms with Crippen molar-refractivity contribution in [3.8, 4) is 11.5 Å². The van der Waals surface area contributed by atoms with Gasteiger partial charge in [0, 0.05) is 17.7 Å². The van der Waals surface area contributed by atoms with Gasteiger partial charge in [-0.05, 0) is 35.9 Å². The number of carbonyl (C=O) groups excluding carboxylic acids is 1. The van der Waals surface area contributed by atoms with Crippen molar-refractivity contribution in [1.29, 1.82) is 0 Å². The zero-order valence-electron chi connectivity index (χ0n) is 18.3. The van der Waals surface area contributed by atoms with Crippen LogP contribution in [0.15, 0.2) is 51.8 Å². The molecular weight excluding hydrogens is 532 g/mol. The van der Waals surface area contributed by atoms with E-state index < -0.39 is 51.4 Å². The normalized spacial score (nSPS) is 19.5. The Bertz CT molecular complexity index is 1410. The molecule has 0 radical (unpaired) electrons. The number of benzene rings is 2. The molecule has 0 saturated heterocycles. The molecule has 0 bridgehead atoms. The van der Waals surface area contributed by atoms with Gasteiger partial charge in [0.15, 0.2) is 9.84 Å². The van der Waals surface area contributed by atoms with Gasteiger partial charge in [-0.2, -0.15) is 17.6 Å². The second-order valence-corrected chi connectivity index (χ2v) is 10.3. The lowest BCUT2D eigenvalue weighted by atomic mass is 10.1. The van der Waals surface area contributed by atoms with Crippen molar-refractivity contribution >= 4 is 33.0 Å². The molecule has 2 atom stereocenters. The maximum absolute atomic E-state index is 14.4. The average molecular weight is 549 g/mol. The minimum atomic E-state index is -5.52. The highest BCUT2D eigenvalue weighted by Gasteiger charge is 2.62. The lowest BCUT2D eigenvalue weighted by molar-refractivity contribution is -0.341. The Morgan fingerprint density at radius 3 is 2.44 bits per heavy atom. The summed E-state index contributed by atoms with van der Waals surface area (Å²) in [6.45, 7) is -0.101. The molecule has 3 aromatic rings. The number of alkyl halides is 4. The summed E-state index contributed by atoms with van der Waals surface area (Å²) in [5, 5.41) is 7.00. The van der Waals surface area contributed by atoms with Gasteiger partial charge in [0.1, 0.15) is 0 Å². The highest BCUT2D eigenvalue weighted by molar-refractivity contribution is 7.91. The first-order valence-electron chi connectivity index (χ1n) is 10.1. The largest absolute Gasteiger partial charge is 0.458 e. The standard InChI is InChI=1S/C21H17ClF4N4O5S/c1-34-20(23,21(24,25)26)19-29-28-17(35-19)12-4-7-16-15(8-12)30(9-11-2-5-13(22)6-3-11)18(31)14(27)10-36(16,32)33/h2-8,14H,9-10,27H2,1H3/t14-,20?/m0/s1. The third kappa shape index (κ3) is 4.56. The van der Waals surface area contributed by atoms with E-state index in [9.17, 15) is 30.8 Å². The number of methoxy groups -OCH3 is 1. The molecule has 2 N–H and O–H groups in total. The van der Waals surface area contributed by atoms with Gasteiger partial charge in [-0.1, -0.05) is 23.7 Å². The van der Waals surface area contributed by atoms with Crippen LogP contribution in [0, 0.1) is 0 Å². The Balaban J connectivity index is 1.83. The summed E-state index contributed by atoms with van der Waals surface area (Å²) in [5.74, 6) is -7.82. The number of rotatable bonds is 5. The van der Waals surface area contributed by atoms with Crippen molar-refractivity contribution in [1.82, 2.24) is 10.2 Å². The number of sulfone groups is 1. The molecule has 0 saturated carbocycles. The Hall–Kier alpha value is -3.07. The molecule has 2 heterocycles. The van der Waals surface area contributed by atoms with Gasteiger partial charge in [-0.25, -0.2) is 8.42 Å². The smallest absolute Gasteiger partial charge is 0.415 e. The maximum atomic E-state index is 14.4. The fourth-order valence-corrected chi connectivity index (χ4v) is 5.25. The zero-order valence-corrected chi connectivity index (χ0v) is 19.9. The lowest BCUT2D eigenvalue weighted by Gasteiger charge is -2.24. The Labute approximate surface area is 206 Å². The van der Waals surface area contributed by atoms with Crippen molar-refractivity contribution in [2.24, 2.45) is 5.73 Å². The summed E-state index contributed by atoms with van der Waals surface area (Å²) >= 11 is 5.90. The molecule has 1 aromatic heterocycles. The van der Waals surface area contributed by atoms with Crippen LogP contribution in [0.4, 0.5) is 23.2 Å². The third-order valence-electron chi connectivity index (χ3n) is 5.41. The molecule has 0 aliphatic carbocycles. The summed E-state index contributed by atoms with van der Waals surface area (Å²) in [4.78, 5) is 13.9. The van der Waals surface area contributed by atoms with Crippen LogP contribution in [0.25, 0.3) is 11.5 Å². The van der Waals surface area contributed by atoms with E-state index >= 15 is 0 Å². The van der Waals surface area contributed by atoms with Crippen LogP contribution in [0.3, 0.4) is 0 Å². The molecule has 15 heteroatoms. The molecule has 1 unspecified atom stereocenters. The number of nitrogens with two attached hydrogens (primary N) is 1. The minimum Gasteiger partial charge on any atom is -0.415 e. The van der Waals surface area contributed by atoms with Crippen LogP contribution in [-0.2, 0) is 31.8 Å². The zero-order chi connectivity index (χ0) is 26.5. The van der Waals surface area contributed by atoms with Crippen molar-refractivity contribution in [2.75, 3.05) is 17.8 Å². The molecular formula is C21H17ClF4N4O5S. The molecule has 4 rings (SSSR count). The number of amides is 1. The molecule has 192 valence electrons. The van der Waals surface area contributed by atoms with E-state index in [1.807, 2.05) is 0 Å². The molecule has 9 nitrogen and oxygen atoms in total. The first-order valence-corrected chi connectivity index (χ1v) is 12.1. The van der Waals surface area contributed by atoms with Gasteiger partial charge in [0.25, 0.3) is 5.89 Å². The Morgan fingerprint density at radius 1 is 1.17 bits per heavy atom. The molecule has 2 aromatic carbocycles. The van der Waals surface area contributed by atoms with Crippen LogP contribution < -0.4 is 10.6 Å². The van der Waals surface area contributed by atoms with E-state index in [4.69, 9.17) is 21.8 Å². The number of fused-ring (bicyclic) bond motifs is 1. The lowest BCUT2D eigenvalue weighted by Crippen LogP contribution is -2.45. The molecule has 36 heavy (non-hydrogen) atoms. The predicted molar refractivity (Wildman–Crippen MR) is 118 cm³/mol. The van der Waals surface area contributed by atoms with Gasteiger partial charge >= 0.3 is 12.0 Å². The number of ether oxygens (including phenoxy) is 1. The summed E-state index contributed by atoms with van der Waals surface area (Å²) in [6, 6.07) is 8.49. The summed E-state index contributed by atoms with van der Waals surface area (Å²) in [7, 11) is -3.56. The van der Waals surface area contributed by atoms with Crippen molar-refractivity contribution in [3.05, 3.63) is 58.9 Å². The van der Waals surface area contributed by atoms with Crippen LogP contribution in [0.2, 0.25) is 5.02 Å². The van der Waals surface area contributed by atoms with E-state index in [0.717, 1.165) is 17.0 Å². The average Bonchev–Trinajstić information content (AvgIpc) is 3.30. The first-order chi connectivity index (χ1) is 16.8. The monoisotopic (exact) mass is 548 g/mol. The van der Waals surface area contributed by atoms with E-state index in [1.54, 1.807) is 24.3 Å². The number of hydrogen-bond acceptors (Lipinski definition) is 8. The van der Waals surface area contributed by atoms with Crippen LogP contribution in [-0.4, -0.2) is 49.6 Å². The highest BCUT2D eigenvalue weighted by atomic mass is 35.5. The van der Waals surface area contributed by atoms with Gasteiger partial charge in [0.05, 0.1) is 28.9 Å². The maximum Gasteiger partial charge on any atom is 0.458 e. The van der Waals surface area contributed by atoms with Gasteiger partial charge in [-0.15, -0.1) is 10.2 Å². The fourth-order valence-electron chi connectivity index (χ4n) is 3.57. The van der Waals surface area contributed by atoms with E-state index in [0.29, 0.717) is 17.7 Å². The molecule has 0 spiro atoms. The molecule has 1 amide bonds. The topological polar surface area (TPSA) is 129 Å². The number of halogens is 5. The highest BCUT2D eigenvalue weighted by Crippen LogP contribution is 2.43. The van der Waals surface area contributed by atoms with Crippen molar-refractivity contribution in [3.63, 3.8) is 0 Å². The van der Waals surface area contributed by atoms with E-state index in [1.165, 1.54) is 6.07 Å². The van der Waals surface area contributed by atoms with Gasteiger partial charge in [0.2, 0.25) is 11.8 Å². The summed E-state index contributed by atoms with van der Waals surface area (Å²) < 4.78 is 88.6. The van der Waals surface area contributed by atoms with Gasteiger partial charge < -0.3 is 19.8 Å². The molecule has 1 aliphatic heterocycles. The Kier molecular flexibility index (Phi) is 6.58. The minimum absolute atomic E-state index is 0.0762. The fraction of sp³-hybridized carbons (Fsp3) is 0.286. The number of carbonyl (C=O) groups is 1. The summed E-state index contributed by atoms with van der Waals surface area (Å²) in [6.07, 6.45) is -5.52. The van der Waals surface area contributed by atoms with Crippen LogP contribution >= 0.6 is 11.6 Å².